The fraction of sp³-hybridized carbons (Fsp3) is 1.00. The molecule has 0 N–H and O–H groups in total. The maximum absolute atomic E-state index is 5.91. The number of hydrogen-bond donors (Lipinski definition) is 0. The maximum Gasteiger partial charge on any atom is 0.158 e. The van der Waals surface area contributed by atoms with Crippen LogP contribution in [0.25, 0.3) is 0 Å². The monoisotopic (exact) mass is 372 g/mol. The van der Waals surface area contributed by atoms with Crippen LogP contribution in [-0.4, -0.2) is 49.9 Å². The summed E-state index contributed by atoms with van der Waals surface area (Å²) in [7, 11) is 0. The van der Waals surface area contributed by atoms with Crippen LogP contribution in [0.4, 0.5) is 0 Å². The van der Waals surface area contributed by atoms with Crippen LogP contribution in [0.5, 0.6) is 0 Å². The van der Waals surface area contributed by atoms with Crippen molar-refractivity contribution >= 4 is 22.6 Å². The summed E-state index contributed by atoms with van der Waals surface area (Å²) in [5.74, 6) is 0. The van der Waals surface area contributed by atoms with Crippen LogP contribution >= 0.6 is 22.6 Å². The summed E-state index contributed by atoms with van der Waals surface area (Å²) in [4.78, 5) is 0. The summed E-state index contributed by atoms with van der Waals surface area (Å²) in [6, 6.07) is 0. The molecule has 2 atom stereocenters. The quantitative estimate of drug-likeness (QED) is 0.336. The molecule has 18 heavy (non-hydrogen) atoms. The highest BCUT2D eigenvalue weighted by Crippen LogP contribution is 2.15. The third kappa shape index (κ3) is 7.89. The van der Waals surface area contributed by atoms with Crippen molar-refractivity contribution in [3.05, 3.63) is 0 Å². The van der Waals surface area contributed by atoms with E-state index in [2.05, 4.69) is 29.5 Å². The van der Waals surface area contributed by atoms with Crippen LogP contribution in [0, 0.1) is 0 Å². The molecule has 1 saturated heterocycles. The summed E-state index contributed by atoms with van der Waals surface area (Å²) < 4.78 is 23.6. The first-order chi connectivity index (χ1) is 8.86. The Morgan fingerprint density at radius 2 is 2.00 bits per heavy atom. The van der Waals surface area contributed by atoms with Crippen molar-refractivity contribution in [3.63, 3.8) is 0 Å². The second kappa shape index (κ2) is 11.4. The molecular weight excluding hydrogens is 347 g/mol. The van der Waals surface area contributed by atoms with Crippen LogP contribution < -0.4 is 0 Å². The van der Waals surface area contributed by atoms with E-state index in [9.17, 15) is 0 Å². The average Bonchev–Trinajstić information content (AvgIpc) is 2.40. The summed E-state index contributed by atoms with van der Waals surface area (Å²) >= 11 is 2.30. The number of ether oxygens (including phenoxy) is 4. The van der Waals surface area contributed by atoms with Gasteiger partial charge < -0.3 is 18.9 Å². The molecule has 4 nitrogen and oxygen atoms in total. The van der Waals surface area contributed by atoms with Crippen molar-refractivity contribution in [3.8, 4) is 0 Å². The lowest BCUT2D eigenvalue weighted by atomic mass is 10.2. The topological polar surface area (TPSA) is 36.9 Å². The molecule has 0 bridgehead atoms. The lowest BCUT2D eigenvalue weighted by Gasteiger charge is -2.27. The first-order valence-corrected chi connectivity index (χ1v) is 8.38. The van der Waals surface area contributed by atoms with Gasteiger partial charge in [-0.1, -0.05) is 29.5 Å². The molecule has 1 rings (SSSR count). The van der Waals surface area contributed by atoms with Gasteiger partial charge in [0.05, 0.1) is 19.8 Å². The zero-order valence-corrected chi connectivity index (χ0v) is 13.4. The molecule has 0 amide bonds. The Bertz CT molecular complexity index is 176. The summed E-state index contributed by atoms with van der Waals surface area (Å²) in [5, 5.41) is 0. The van der Waals surface area contributed by atoms with Gasteiger partial charge in [-0.15, -0.1) is 0 Å². The lowest BCUT2D eigenvalue weighted by Crippen LogP contribution is -2.34. The molecule has 1 aliphatic heterocycles. The van der Waals surface area contributed by atoms with Gasteiger partial charge in [-0.3, -0.25) is 0 Å². The SMILES string of the molecule is CCCOCC(COCCI)OC1CCCCO1. The van der Waals surface area contributed by atoms with Crippen molar-refractivity contribution in [2.75, 3.05) is 37.5 Å². The van der Waals surface area contributed by atoms with Crippen molar-refractivity contribution in [1.29, 1.82) is 0 Å². The van der Waals surface area contributed by atoms with Gasteiger partial charge in [0.25, 0.3) is 0 Å². The molecule has 0 saturated carbocycles. The Hall–Kier alpha value is 0.570. The molecule has 0 aromatic rings. The Morgan fingerprint density at radius 3 is 2.61 bits per heavy atom. The van der Waals surface area contributed by atoms with Crippen molar-refractivity contribution < 1.29 is 18.9 Å². The van der Waals surface area contributed by atoms with E-state index in [4.69, 9.17) is 18.9 Å². The third-order valence-corrected chi connectivity index (χ3v) is 3.10. The van der Waals surface area contributed by atoms with E-state index in [1.54, 1.807) is 0 Å². The van der Waals surface area contributed by atoms with Crippen molar-refractivity contribution in [2.24, 2.45) is 0 Å². The minimum absolute atomic E-state index is 0.0115. The minimum atomic E-state index is -0.0721. The number of rotatable bonds is 10. The maximum atomic E-state index is 5.91. The van der Waals surface area contributed by atoms with E-state index >= 15 is 0 Å². The predicted molar refractivity (Wildman–Crippen MR) is 79.3 cm³/mol. The van der Waals surface area contributed by atoms with E-state index in [0.29, 0.717) is 13.2 Å². The van der Waals surface area contributed by atoms with E-state index < -0.39 is 0 Å². The number of hydrogen-bond acceptors (Lipinski definition) is 4. The van der Waals surface area contributed by atoms with Gasteiger partial charge in [0.1, 0.15) is 6.10 Å². The molecule has 2 unspecified atom stereocenters. The first-order valence-electron chi connectivity index (χ1n) is 6.85. The average molecular weight is 372 g/mol. The predicted octanol–water partition coefficient (Wildman–Crippen LogP) is 2.78. The van der Waals surface area contributed by atoms with Gasteiger partial charge in [0, 0.05) is 17.6 Å². The largest absolute Gasteiger partial charge is 0.379 e. The molecule has 108 valence electrons. The Morgan fingerprint density at radius 1 is 1.22 bits per heavy atom. The van der Waals surface area contributed by atoms with Crippen molar-refractivity contribution in [2.45, 2.75) is 45.0 Å². The zero-order valence-electron chi connectivity index (χ0n) is 11.2. The Labute approximate surface area is 124 Å². The highest BCUT2D eigenvalue weighted by molar-refractivity contribution is 14.1. The smallest absolute Gasteiger partial charge is 0.158 e. The third-order valence-electron chi connectivity index (χ3n) is 2.66. The Kier molecular flexibility index (Phi) is 10.5. The molecule has 1 fully saturated rings. The molecule has 0 aromatic carbocycles. The molecule has 1 heterocycles. The summed E-state index contributed by atoms with van der Waals surface area (Å²) in [5.41, 5.74) is 0. The van der Waals surface area contributed by atoms with Gasteiger partial charge in [0.15, 0.2) is 6.29 Å². The highest BCUT2D eigenvalue weighted by Gasteiger charge is 2.20. The van der Waals surface area contributed by atoms with Crippen LogP contribution in [-0.2, 0) is 18.9 Å². The fourth-order valence-electron chi connectivity index (χ4n) is 1.79. The molecule has 0 spiro atoms. The van der Waals surface area contributed by atoms with Crippen LogP contribution in [0.2, 0.25) is 0 Å². The molecule has 0 radical (unpaired) electrons. The summed E-state index contributed by atoms with van der Waals surface area (Å²) in [6.45, 7) is 5.63. The van der Waals surface area contributed by atoms with E-state index in [0.717, 1.165) is 43.5 Å². The minimum Gasteiger partial charge on any atom is -0.379 e. The highest BCUT2D eigenvalue weighted by atomic mass is 127. The number of halogens is 1. The van der Waals surface area contributed by atoms with Gasteiger partial charge in [-0.2, -0.15) is 0 Å². The normalized spacial score (nSPS) is 22.0. The zero-order chi connectivity index (χ0) is 13.1. The van der Waals surface area contributed by atoms with E-state index in [-0.39, 0.29) is 12.4 Å². The van der Waals surface area contributed by atoms with Gasteiger partial charge in [-0.25, -0.2) is 0 Å². The van der Waals surface area contributed by atoms with Gasteiger partial charge in [-0.05, 0) is 25.7 Å². The number of alkyl halides is 1. The molecule has 1 aliphatic rings. The van der Waals surface area contributed by atoms with Gasteiger partial charge in [0.2, 0.25) is 0 Å². The van der Waals surface area contributed by atoms with E-state index in [1.807, 2.05) is 0 Å². The van der Waals surface area contributed by atoms with E-state index in [1.165, 1.54) is 6.42 Å². The molecular formula is C13H25IO4. The standard InChI is InChI=1S/C13H25IO4/c1-2-7-15-10-12(11-16-9-6-14)18-13-5-3-4-8-17-13/h12-13H,2-11H2,1H3. The van der Waals surface area contributed by atoms with Crippen LogP contribution in [0.3, 0.4) is 0 Å². The van der Waals surface area contributed by atoms with Gasteiger partial charge >= 0.3 is 0 Å². The molecule has 0 aromatic heterocycles. The first kappa shape index (κ1) is 16.6. The van der Waals surface area contributed by atoms with Crippen molar-refractivity contribution in [1.82, 2.24) is 0 Å². The summed E-state index contributed by atoms with van der Waals surface area (Å²) in [6.07, 6.45) is 4.25. The van der Waals surface area contributed by atoms with Crippen LogP contribution in [0.15, 0.2) is 0 Å². The van der Waals surface area contributed by atoms with Crippen LogP contribution in [0.1, 0.15) is 32.6 Å². The second-order valence-electron chi connectivity index (χ2n) is 4.39. The fourth-order valence-corrected chi connectivity index (χ4v) is 2.10. The Balaban J connectivity index is 2.22. The molecule has 5 heteroatoms. The second-order valence-corrected chi connectivity index (χ2v) is 5.47. The lowest BCUT2D eigenvalue weighted by molar-refractivity contribution is -0.207. The molecule has 0 aliphatic carbocycles.